The van der Waals surface area contributed by atoms with Gasteiger partial charge in [-0.25, -0.2) is 0 Å². The molecule has 0 radical (unpaired) electrons. The number of carbonyl (C=O) groups is 1. The molecule has 5 rings (SSSR count). The molecule has 1 aliphatic carbocycles. The highest BCUT2D eigenvalue weighted by molar-refractivity contribution is 5.88. The lowest BCUT2D eigenvalue weighted by molar-refractivity contribution is -0.136. The van der Waals surface area contributed by atoms with Crippen LogP contribution in [0.4, 0.5) is 0 Å². The number of nitrogens with one attached hydrogen (secondary N) is 1. The van der Waals surface area contributed by atoms with Gasteiger partial charge in [0.05, 0.1) is 12.0 Å². The van der Waals surface area contributed by atoms with Gasteiger partial charge < -0.3 is 14.6 Å². The van der Waals surface area contributed by atoms with Gasteiger partial charge in [0.15, 0.2) is 0 Å². The first-order valence-electron chi connectivity index (χ1n) is 11.3. The van der Waals surface area contributed by atoms with Gasteiger partial charge in [-0.05, 0) is 75.7 Å². The van der Waals surface area contributed by atoms with E-state index in [1.54, 1.807) is 0 Å². The van der Waals surface area contributed by atoms with Crippen LogP contribution in [0, 0.1) is 0 Å². The molecule has 1 saturated carbocycles. The molecule has 1 amide bonds. The van der Waals surface area contributed by atoms with E-state index in [-0.39, 0.29) is 11.5 Å². The minimum absolute atomic E-state index is 0.0738. The van der Waals surface area contributed by atoms with E-state index in [9.17, 15) is 4.79 Å². The summed E-state index contributed by atoms with van der Waals surface area (Å²) in [7, 11) is 2.03. The number of benzene rings is 1. The normalized spacial score (nSPS) is 30.4. The van der Waals surface area contributed by atoms with Crippen molar-refractivity contribution in [3.8, 4) is 0 Å². The van der Waals surface area contributed by atoms with Gasteiger partial charge in [-0.1, -0.05) is 12.1 Å². The molecule has 29 heavy (non-hydrogen) atoms. The molecule has 5 heteroatoms. The predicted molar refractivity (Wildman–Crippen MR) is 115 cm³/mol. The average molecular weight is 396 g/mol. The predicted octanol–water partition coefficient (Wildman–Crippen LogP) is 3.73. The number of hydrogen-bond donors (Lipinski definition) is 1. The molecule has 1 spiro atoms. The standard InChI is InChI=1S/C24H33N3O2/c1-26(23(28)16-18-6-4-7-20-19(18)9-12-25-20)21-8-11-24(10-5-15-29-24)17-22(21)27-13-2-3-14-27/h4,6-7,9,12,21-22,25H,2-3,5,8,10-11,13-17H2,1H3. The Bertz CT molecular complexity index is 864. The Balaban J connectivity index is 1.34. The molecule has 2 aliphatic heterocycles. The van der Waals surface area contributed by atoms with Gasteiger partial charge in [-0.15, -0.1) is 0 Å². The molecule has 3 heterocycles. The van der Waals surface area contributed by atoms with E-state index in [2.05, 4.69) is 33.0 Å². The number of fused-ring (bicyclic) bond motifs is 1. The fraction of sp³-hybridized carbons (Fsp3) is 0.625. The minimum atomic E-state index is 0.0738. The van der Waals surface area contributed by atoms with E-state index in [4.69, 9.17) is 4.74 Å². The van der Waals surface area contributed by atoms with Crippen molar-refractivity contribution in [2.45, 2.75) is 69.1 Å². The summed E-state index contributed by atoms with van der Waals surface area (Å²) in [5, 5.41) is 1.16. The molecule has 3 unspecified atom stereocenters. The number of ether oxygens (including phenoxy) is 1. The van der Waals surface area contributed by atoms with Crippen LogP contribution >= 0.6 is 0 Å². The summed E-state index contributed by atoms with van der Waals surface area (Å²) in [5.74, 6) is 0.233. The number of likely N-dealkylation sites (tertiary alicyclic amines) is 1. The lowest BCUT2D eigenvalue weighted by Crippen LogP contribution is -2.58. The largest absolute Gasteiger partial charge is 0.375 e. The monoisotopic (exact) mass is 395 g/mol. The van der Waals surface area contributed by atoms with Crippen LogP contribution in [-0.2, 0) is 16.0 Å². The second kappa shape index (κ2) is 7.77. The molecule has 3 aliphatic rings. The summed E-state index contributed by atoms with van der Waals surface area (Å²) < 4.78 is 6.26. The number of likely N-dealkylation sites (N-methyl/N-ethyl adjacent to an activating group) is 1. The Morgan fingerprint density at radius 3 is 2.90 bits per heavy atom. The molecule has 3 atom stereocenters. The molecule has 2 saturated heterocycles. The maximum absolute atomic E-state index is 13.3. The van der Waals surface area contributed by atoms with E-state index in [1.165, 1.54) is 38.8 Å². The first kappa shape index (κ1) is 19.1. The second-order valence-electron chi connectivity index (χ2n) is 9.29. The SMILES string of the molecule is CN(C(=O)Cc1cccc2[nH]ccc12)C1CCC2(CCCO2)CC1N1CCCC1. The van der Waals surface area contributed by atoms with Crippen LogP contribution in [0.5, 0.6) is 0 Å². The molecule has 2 aromatic rings. The Hall–Kier alpha value is -1.85. The Morgan fingerprint density at radius 2 is 2.10 bits per heavy atom. The van der Waals surface area contributed by atoms with Gasteiger partial charge in [0.1, 0.15) is 0 Å². The summed E-state index contributed by atoms with van der Waals surface area (Å²) >= 11 is 0. The third-order valence-electron chi connectivity index (χ3n) is 7.63. The van der Waals surface area contributed by atoms with Crippen molar-refractivity contribution in [1.29, 1.82) is 0 Å². The number of nitrogens with zero attached hydrogens (tertiary/aromatic N) is 2. The third-order valence-corrected chi connectivity index (χ3v) is 7.63. The lowest BCUT2D eigenvalue weighted by Gasteiger charge is -2.48. The van der Waals surface area contributed by atoms with Crippen molar-refractivity contribution >= 4 is 16.8 Å². The summed E-state index contributed by atoms with van der Waals surface area (Å²) in [5.41, 5.74) is 2.29. The number of rotatable bonds is 4. The van der Waals surface area contributed by atoms with E-state index in [1.807, 2.05) is 19.3 Å². The van der Waals surface area contributed by atoms with Gasteiger partial charge in [0.25, 0.3) is 0 Å². The van der Waals surface area contributed by atoms with Gasteiger partial charge in [0.2, 0.25) is 5.91 Å². The van der Waals surface area contributed by atoms with Crippen LogP contribution in [0.2, 0.25) is 0 Å². The molecule has 1 N–H and O–H groups in total. The van der Waals surface area contributed by atoms with Crippen LogP contribution in [0.15, 0.2) is 30.5 Å². The highest BCUT2D eigenvalue weighted by Gasteiger charge is 2.47. The van der Waals surface area contributed by atoms with Crippen molar-refractivity contribution in [2.75, 3.05) is 26.7 Å². The summed E-state index contributed by atoms with van der Waals surface area (Å²) in [6, 6.07) is 8.99. The number of hydrogen-bond acceptors (Lipinski definition) is 3. The minimum Gasteiger partial charge on any atom is -0.375 e. The molecular weight excluding hydrogens is 362 g/mol. The smallest absolute Gasteiger partial charge is 0.227 e. The van der Waals surface area contributed by atoms with Crippen LogP contribution in [0.3, 0.4) is 0 Å². The molecule has 156 valence electrons. The van der Waals surface area contributed by atoms with Gasteiger partial charge in [-0.3, -0.25) is 9.69 Å². The summed E-state index contributed by atoms with van der Waals surface area (Å²) in [6.45, 7) is 3.25. The topological polar surface area (TPSA) is 48.6 Å². The number of aromatic amines is 1. The van der Waals surface area contributed by atoms with Crippen molar-refractivity contribution in [2.24, 2.45) is 0 Å². The zero-order valence-electron chi connectivity index (χ0n) is 17.5. The maximum atomic E-state index is 13.3. The Morgan fingerprint density at radius 1 is 1.24 bits per heavy atom. The van der Waals surface area contributed by atoms with Crippen molar-refractivity contribution < 1.29 is 9.53 Å². The highest BCUT2D eigenvalue weighted by Crippen LogP contribution is 2.43. The van der Waals surface area contributed by atoms with Gasteiger partial charge >= 0.3 is 0 Å². The molecule has 1 aromatic carbocycles. The first-order valence-corrected chi connectivity index (χ1v) is 11.3. The quantitative estimate of drug-likeness (QED) is 0.858. The van der Waals surface area contributed by atoms with Crippen LogP contribution in [0.1, 0.15) is 50.5 Å². The summed E-state index contributed by atoms with van der Waals surface area (Å²) in [4.78, 5) is 21.3. The highest BCUT2D eigenvalue weighted by atomic mass is 16.5. The van der Waals surface area contributed by atoms with Crippen molar-refractivity contribution in [1.82, 2.24) is 14.8 Å². The second-order valence-corrected chi connectivity index (χ2v) is 9.29. The number of carbonyl (C=O) groups excluding carboxylic acids is 1. The van der Waals surface area contributed by atoms with Crippen LogP contribution in [0.25, 0.3) is 10.9 Å². The zero-order valence-corrected chi connectivity index (χ0v) is 17.5. The fourth-order valence-corrected chi connectivity index (χ4v) is 6.01. The van der Waals surface area contributed by atoms with E-state index in [0.29, 0.717) is 18.5 Å². The number of amides is 1. The van der Waals surface area contributed by atoms with E-state index >= 15 is 0 Å². The van der Waals surface area contributed by atoms with Gasteiger partial charge in [0, 0.05) is 42.8 Å². The van der Waals surface area contributed by atoms with E-state index in [0.717, 1.165) is 42.3 Å². The molecule has 5 nitrogen and oxygen atoms in total. The maximum Gasteiger partial charge on any atom is 0.227 e. The lowest BCUT2D eigenvalue weighted by atomic mass is 9.76. The molecular formula is C24H33N3O2. The average Bonchev–Trinajstić information content (AvgIpc) is 3.49. The number of H-pyrrole nitrogens is 1. The third kappa shape index (κ3) is 3.59. The molecule has 0 bridgehead atoms. The van der Waals surface area contributed by atoms with Crippen LogP contribution < -0.4 is 0 Å². The fourth-order valence-electron chi connectivity index (χ4n) is 6.01. The first-order chi connectivity index (χ1) is 14.2. The molecule has 1 aromatic heterocycles. The summed E-state index contributed by atoms with van der Waals surface area (Å²) in [6.07, 6.45) is 10.6. The van der Waals surface area contributed by atoms with Gasteiger partial charge in [-0.2, -0.15) is 0 Å². The number of aromatic nitrogens is 1. The van der Waals surface area contributed by atoms with E-state index < -0.39 is 0 Å². The Labute approximate surface area is 173 Å². The zero-order chi connectivity index (χ0) is 19.8. The van der Waals surface area contributed by atoms with Crippen molar-refractivity contribution in [3.05, 3.63) is 36.0 Å². The Kier molecular flexibility index (Phi) is 5.12. The van der Waals surface area contributed by atoms with Crippen LogP contribution in [-0.4, -0.2) is 65.1 Å². The molecule has 3 fully saturated rings. The van der Waals surface area contributed by atoms with Crippen molar-refractivity contribution in [3.63, 3.8) is 0 Å².